The fraction of sp³-hybridized carbons (Fsp3) is 0.538. The zero-order chi connectivity index (χ0) is 14.5. The van der Waals surface area contributed by atoms with E-state index in [1.54, 1.807) is 30.3 Å². The Kier molecular flexibility index (Phi) is 5.78. The zero-order valence-corrected chi connectivity index (χ0v) is 10.9. The van der Waals surface area contributed by atoms with E-state index >= 15 is 0 Å². The van der Waals surface area contributed by atoms with E-state index in [4.69, 9.17) is 4.74 Å². The summed E-state index contributed by atoms with van der Waals surface area (Å²) >= 11 is 0. The zero-order valence-electron chi connectivity index (χ0n) is 10.9. The number of hydrogen-bond acceptors (Lipinski definition) is 3. The molecule has 1 N–H and O–H groups in total. The number of ether oxygens (including phenoxy) is 1. The van der Waals surface area contributed by atoms with Crippen LogP contribution in [0.3, 0.4) is 0 Å². The molecule has 1 rings (SSSR count). The van der Waals surface area contributed by atoms with Crippen molar-refractivity contribution < 1.29 is 23.1 Å². The van der Waals surface area contributed by atoms with Gasteiger partial charge >= 0.3 is 6.18 Å². The molecule has 0 aromatic heterocycles. The van der Waals surface area contributed by atoms with Gasteiger partial charge in [-0.3, -0.25) is 0 Å². The molecule has 0 amide bonds. The fourth-order valence-corrected chi connectivity index (χ4v) is 1.94. The molecule has 6 heteroatoms. The standard InChI is InChI=1S/C13H18F3NO2/c1-3-12(13(14,15)16)17(18)11(9-19-2)10-7-5-4-6-8-10/h4-8,11-12,18H,3,9H2,1-2H3/t11-,12-/m0/s1. The predicted octanol–water partition coefficient (Wildman–Crippen LogP) is 3.41. The van der Waals surface area contributed by atoms with Gasteiger partial charge in [-0.05, 0) is 12.0 Å². The first-order valence-electron chi connectivity index (χ1n) is 5.99. The Hall–Kier alpha value is -1.11. The maximum Gasteiger partial charge on any atom is 0.406 e. The summed E-state index contributed by atoms with van der Waals surface area (Å²) in [5.41, 5.74) is 0.578. The molecule has 19 heavy (non-hydrogen) atoms. The molecule has 0 aliphatic heterocycles. The maximum atomic E-state index is 12.8. The van der Waals surface area contributed by atoms with Crippen LogP contribution in [0.5, 0.6) is 0 Å². The van der Waals surface area contributed by atoms with Gasteiger partial charge in [0.15, 0.2) is 0 Å². The van der Waals surface area contributed by atoms with E-state index in [1.807, 2.05) is 0 Å². The van der Waals surface area contributed by atoms with Gasteiger partial charge in [0.1, 0.15) is 6.04 Å². The number of benzene rings is 1. The third kappa shape index (κ3) is 4.19. The minimum Gasteiger partial charge on any atom is -0.383 e. The van der Waals surface area contributed by atoms with Crippen LogP contribution in [0.25, 0.3) is 0 Å². The van der Waals surface area contributed by atoms with Crippen molar-refractivity contribution in [2.24, 2.45) is 0 Å². The van der Waals surface area contributed by atoms with E-state index < -0.39 is 18.3 Å². The lowest BCUT2D eigenvalue weighted by molar-refractivity contribution is -0.272. The Morgan fingerprint density at radius 3 is 2.26 bits per heavy atom. The topological polar surface area (TPSA) is 32.7 Å². The number of hydroxylamine groups is 2. The highest BCUT2D eigenvalue weighted by atomic mass is 19.4. The van der Waals surface area contributed by atoms with Crippen molar-refractivity contribution in [1.29, 1.82) is 0 Å². The highest BCUT2D eigenvalue weighted by molar-refractivity contribution is 5.19. The Morgan fingerprint density at radius 1 is 1.26 bits per heavy atom. The van der Waals surface area contributed by atoms with Gasteiger partial charge in [-0.1, -0.05) is 37.3 Å². The van der Waals surface area contributed by atoms with E-state index in [-0.39, 0.29) is 13.0 Å². The van der Waals surface area contributed by atoms with Crippen LogP contribution in [-0.2, 0) is 4.74 Å². The van der Waals surface area contributed by atoms with Crippen LogP contribution in [0.15, 0.2) is 30.3 Å². The summed E-state index contributed by atoms with van der Waals surface area (Å²) in [6.45, 7) is 1.36. The van der Waals surface area contributed by atoms with E-state index in [9.17, 15) is 18.4 Å². The van der Waals surface area contributed by atoms with Crippen LogP contribution in [0, 0.1) is 0 Å². The maximum absolute atomic E-state index is 12.8. The highest BCUT2D eigenvalue weighted by Crippen LogP contribution is 2.32. The van der Waals surface area contributed by atoms with Gasteiger partial charge in [0, 0.05) is 7.11 Å². The van der Waals surface area contributed by atoms with Gasteiger partial charge in [0.2, 0.25) is 0 Å². The second kappa shape index (κ2) is 6.88. The SMILES string of the molecule is CC[C@H](N(O)[C@@H](COC)c1ccccc1)C(F)(F)F. The number of rotatable bonds is 6. The van der Waals surface area contributed by atoms with Crippen LogP contribution in [0.1, 0.15) is 24.9 Å². The Balaban J connectivity index is 2.98. The number of nitrogens with zero attached hydrogens (tertiary/aromatic N) is 1. The molecule has 0 heterocycles. The first-order chi connectivity index (χ1) is 8.91. The molecule has 1 aromatic rings. The van der Waals surface area contributed by atoms with Crippen molar-refractivity contribution in [3.63, 3.8) is 0 Å². The summed E-state index contributed by atoms with van der Waals surface area (Å²) in [6, 6.07) is 5.74. The third-order valence-corrected chi connectivity index (χ3v) is 2.91. The van der Waals surface area contributed by atoms with Gasteiger partial charge in [0.05, 0.1) is 12.6 Å². The molecule has 0 unspecified atom stereocenters. The monoisotopic (exact) mass is 277 g/mol. The highest BCUT2D eigenvalue weighted by Gasteiger charge is 2.44. The second-order valence-corrected chi connectivity index (χ2v) is 4.23. The number of halogens is 3. The van der Waals surface area contributed by atoms with Crippen LogP contribution in [0.2, 0.25) is 0 Å². The lowest BCUT2D eigenvalue weighted by Crippen LogP contribution is -2.46. The molecule has 0 radical (unpaired) electrons. The minimum absolute atomic E-state index is 0.0207. The van der Waals surface area contributed by atoms with Crippen LogP contribution in [-0.4, -0.2) is 36.2 Å². The summed E-state index contributed by atoms with van der Waals surface area (Å²) in [7, 11) is 1.39. The van der Waals surface area contributed by atoms with Gasteiger partial charge in [-0.2, -0.15) is 18.2 Å². The first-order valence-corrected chi connectivity index (χ1v) is 5.99. The first kappa shape index (κ1) is 15.9. The molecule has 0 aliphatic rings. The molecule has 108 valence electrons. The summed E-state index contributed by atoms with van der Waals surface area (Å²) in [4.78, 5) is 0. The molecular weight excluding hydrogens is 259 g/mol. The summed E-state index contributed by atoms with van der Waals surface area (Å²) < 4.78 is 43.5. The minimum atomic E-state index is -4.48. The van der Waals surface area contributed by atoms with Gasteiger partial charge in [-0.25, -0.2) is 0 Å². The Bertz CT molecular complexity index is 370. The summed E-state index contributed by atoms with van der Waals surface area (Å²) in [6.07, 6.45) is -4.71. The average Bonchev–Trinajstić information content (AvgIpc) is 2.36. The van der Waals surface area contributed by atoms with E-state index in [0.717, 1.165) is 0 Å². The lowest BCUT2D eigenvalue weighted by atomic mass is 10.0. The van der Waals surface area contributed by atoms with E-state index in [1.165, 1.54) is 14.0 Å². The Morgan fingerprint density at radius 2 is 1.84 bits per heavy atom. The average molecular weight is 277 g/mol. The molecule has 3 nitrogen and oxygen atoms in total. The van der Waals surface area contributed by atoms with E-state index in [2.05, 4.69) is 0 Å². The Labute approximate surface area is 110 Å². The molecule has 0 aliphatic carbocycles. The smallest absolute Gasteiger partial charge is 0.383 e. The fourth-order valence-electron chi connectivity index (χ4n) is 1.94. The normalized spacial score (nSPS) is 15.5. The molecule has 0 saturated heterocycles. The molecule has 0 spiro atoms. The van der Waals surface area contributed by atoms with Crippen LogP contribution >= 0.6 is 0 Å². The quantitative estimate of drug-likeness (QED) is 0.809. The molecule has 0 bridgehead atoms. The molecular formula is C13H18F3NO2. The van der Waals surface area contributed by atoms with Gasteiger partial charge in [0.25, 0.3) is 0 Å². The van der Waals surface area contributed by atoms with E-state index in [0.29, 0.717) is 10.6 Å². The van der Waals surface area contributed by atoms with Gasteiger partial charge in [-0.15, -0.1) is 0 Å². The summed E-state index contributed by atoms with van der Waals surface area (Å²) in [5, 5.41) is 10.3. The number of alkyl halides is 3. The van der Waals surface area contributed by atoms with Crippen LogP contribution < -0.4 is 0 Å². The van der Waals surface area contributed by atoms with Crippen LogP contribution in [0.4, 0.5) is 13.2 Å². The lowest BCUT2D eigenvalue weighted by Gasteiger charge is -2.33. The molecule has 2 atom stereocenters. The number of hydrogen-bond donors (Lipinski definition) is 1. The van der Waals surface area contributed by atoms with Gasteiger partial charge < -0.3 is 9.94 Å². The van der Waals surface area contributed by atoms with Crippen molar-refractivity contribution in [3.05, 3.63) is 35.9 Å². The molecule has 0 fully saturated rings. The van der Waals surface area contributed by atoms with Crippen molar-refractivity contribution in [2.75, 3.05) is 13.7 Å². The molecule has 0 saturated carbocycles. The summed E-state index contributed by atoms with van der Waals surface area (Å²) in [5.74, 6) is 0. The third-order valence-electron chi connectivity index (χ3n) is 2.91. The second-order valence-electron chi connectivity index (χ2n) is 4.23. The van der Waals surface area contributed by atoms with Crippen molar-refractivity contribution in [1.82, 2.24) is 5.06 Å². The predicted molar refractivity (Wildman–Crippen MR) is 64.8 cm³/mol. The number of methoxy groups -OCH3 is 1. The largest absolute Gasteiger partial charge is 0.406 e. The van der Waals surface area contributed by atoms with Crippen molar-refractivity contribution in [3.8, 4) is 0 Å². The van der Waals surface area contributed by atoms with Crippen molar-refractivity contribution in [2.45, 2.75) is 31.6 Å². The molecule has 1 aromatic carbocycles. The van der Waals surface area contributed by atoms with Crippen molar-refractivity contribution >= 4 is 0 Å².